The number of halogens is 2. The van der Waals surface area contributed by atoms with E-state index in [1.807, 2.05) is 0 Å². The number of rotatable bonds is 2. The third kappa shape index (κ3) is 3.04. The Bertz CT molecular complexity index is 484. The molecule has 0 N–H and O–H groups in total. The molecule has 2 unspecified atom stereocenters. The Kier molecular flexibility index (Phi) is 4.37. The molecule has 1 saturated heterocycles. The largest absolute Gasteiger partial charge is 0.379 e. The number of methoxy groups -OCH3 is 1. The third-order valence-electron chi connectivity index (χ3n) is 3.52. The van der Waals surface area contributed by atoms with Crippen LogP contribution in [0.4, 0.5) is 4.39 Å². The summed E-state index contributed by atoms with van der Waals surface area (Å²) in [4.78, 5) is 17.6. The van der Waals surface area contributed by atoms with Crippen LogP contribution in [0.3, 0.4) is 0 Å². The number of carbonyl (C=O) groups excluding carboxylic acids is 1. The Balaban J connectivity index is 2.18. The lowest BCUT2D eigenvalue weighted by atomic mass is 9.95. The molecule has 1 aliphatic rings. The van der Waals surface area contributed by atoms with Crippen molar-refractivity contribution in [2.24, 2.45) is 5.92 Å². The standard InChI is InChI=1S/C13H16ClFN2O2/c1-8-3-4-17(7-11(8)19-2)13(18)10-5-9(15)6-16-12(10)14/h5-6,8,11H,3-4,7H2,1-2H3. The molecular weight excluding hydrogens is 271 g/mol. The molecule has 1 aromatic rings. The van der Waals surface area contributed by atoms with Gasteiger partial charge in [0.25, 0.3) is 5.91 Å². The van der Waals surface area contributed by atoms with Crippen molar-refractivity contribution in [1.82, 2.24) is 9.88 Å². The lowest BCUT2D eigenvalue weighted by Crippen LogP contribution is -2.46. The highest BCUT2D eigenvalue weighted by atomic mass is 35.5. The summed E-state index contributed by atoms with van der Waals surface area (Å²) in [6.45, 7) is 3.20. The molecule has 0 spiro atoms. The Morgan fingerprint density at radius 1 is 1.63 bits per heavy atom. The summed E-state index contributed by atoms with van der Waals surface area (Å²) in [7, 11) is 1.63. The fourth-order valence-corrected chi connectivity index (χ4v) is 2.45. The van der Waals surface area contributed by atoms with Gasteiger partial charge < -0.3 is 9.64 Å². The molecule has 0 radical (unpaired) electrons. The average molecular weight is 287 g/mol. The van der Waals surface area contributed by atoms with Crippen molar-refractivity contribution in [2.45, 2.75) is 19.4 Å². The van der Waals surface area contributed by atoms with Gasteiger partial charge in [0.1, 0.15) is 11.0 Å². The van der Waals surface area contributed by atoms with Gasteiger partial charge in [-0.3, -0.25) is 4.79 Å². The van der Waals surface area contributed by atoms with E-state index in [9.17, 15) is 9.18 Å². The van der Waals surface area contributed by atoms with Crippen LogP contribution in [0.15, 0.2) is 12.3 Å². The monoisotopic (exact) mass is 286 g/mol. The number of piperidine rings is 1. The molecule has 2 atom stereocenters. The maximum absolute atomic E-state index is 13.2. The highest BCUT2D eigenvalue weighted by Crippen LogP contribution is 2.23. The smallest absolute Gasteiger partial charge is 0.257 e. The predicted octanol–water partition coefficient (Wildman–Crippen LogP) is 2.37. The van der Waals surface area contributed by atoms with Gasteiger partial charge in [0.2, 0.25) is 0 Å². The summed E-state index contributed by atoms with van der Waals surface area (Å²) < 4.78 is 18.5. The Labute approximate surface area is 116 Å². The maximum atomic E-state index is 13.2. The van der Waals surface area contributed by atoms with Crippen LogP contribution in [0.25, 0.3) is 0 Å². The van der Waals surface area contributed by atoms with Crippen molar-refractivity contribution in [3.05, 3.63) is 28.8 Å². The van der Waals surface area contributed by atoms with E-state index in [1.54, 1.807) is 12.0 Å². The van der Waals surface area contributed by atoms with Crippen LogP contribution >= 0.6 is 11.6 Å². The Morgan fingerprint density at radius 3 is 3.05 bits per heavy atom. The molecule has 0 aliphatic carbocycles. The van der Waals surface area contributed by atoms with Crippen molar-refractivity contribution < 1.29 is 13.9 Å². The fourth-order valence-electron chi connectivity index (χ4n) is 2.27. The Morgan fingerprint density at radius 2 is 2.37 bits per heavy atom. The first-order valence-electron chi connectivity index (χ1n) is 6.16. The zero-order chi connectivity index (χ0) is 14.0. The number of carbonyl (C=O) groups is 1. The molecule has 0 aromatic carbocycles. The second-order valence-corrected chi connectivity index (χ2v) is 5.14. The number of hydrogen-bond acceptors (Lipinski definition) is 3. The average Bonchev–Trinajstić information content (AvgIpc) is 2.41. The summed E-state index contributed by atoms with van der Waals surface area (Å²) >= 11 is 5.85. The van der Waals surface area contributed by atoms with Crippen LogP contribution in [-0.4, -0.2) is 42.1 Å². The third-order valence-corrected chi connectivity index (χ3v) is 3.82. The zero-order valence-electron chi connectivity index (χ0n) is 10.9. The first-order chi connectivity index (χ1) is 9.02. The molecule has 104 valence electrons. The molecule has 2 heterocycles. The van der Waals surface area contributed by atoms with E-state index >= 15 is 0 Å². The number of hydrogen-bond donors (Lipinski definition) is 0. The zero-order valence-corrected chi connectivity index (χ0v) is 11.7. The highest BCUT2D eigenvalue weighted by molar-refractivity contribution is 6.32. The summed E-state index contributed by atoms with van der Waals surface area (Å²) in [5.74, 6) is -0.470. The van der Waals surface area contributed by atoms with E-state index in [4.69, 9.17) is 16.3 Å². The molecule has 2 rings (SSSR count). The number of ether oxygens (including phenoxy) is 1. The highest BCUT2D eigenvalue weighted by Gasteiger charge is 2.30. The van der Waals surface area contributed by atoms with Gasteiger partial charge in [-0.2, -0.15) is 0 Å². The van der Waals surface area contributed by atoms with Gasteiger partial charge in [0.05, 0.1) is 17.9 Å². The quantitative estimate of drug-likeness (QED) is 0.784. The van der Waals surface area contributed by atoms with E-state index in [-0.39, 0.29) is 22.7 Å². The van der Waals surface area contributed by atoms with Gasteiger partial charge >= 0.3 is 0 Å². The molecule has 1 aromatic heterocycles. The minimum absolute atomic E-state index is 0.00186. The van der Waals surface area contributed by atoms with Crippen molar-refractivity contribution >= 4 is 17.5 Å². The molecule has 0 bridgehead atoms. The van der Waals surface area contributed by atoms with Crippen LogP contribution in [-0.2, 0) is 4.74 Å². The van der Waals surface area contributed by atoms with Crippen molar-refractivity contribution in [2.75, 3.05) is 20.2 Å². The van der Waals surface area contributed by atoms with Crippen molar-refractivity contribution in [3.63, 3.8) is 0 Å². The molecule has 1 aliphatic heterocycles. The van der Waals surface area contributed by atoms with Crippen LogP contribution < -0.4 is 0 Å². The molecule has 1 fully saturated rings. The molecule has 6 heteroatoms. The molecule has 1 amide bonds. The van der Waals surface area contributed by atoms with Crippen LogP contribution in [0.1, 0.15) is 23.7 Å². The number of nitrogens with zero attached hydrogens (tertiary/aromatic N) is 2. The lowest BCUT2D eigenvalue weighted by Gasteiger charge is -2.36. The lowest BCUT2D eigenvalue weighted by molar-refractivity contribution is -0.00158. The maximum Gasteiger partial charge on any atom is 0.257 e. The summed E-state index contributed by atoms with van der Waals surface area (Å²) in [5.41, 5.74) is 0.103. The van der Waals surface area contributed by atoms with E-state index in [1.165, 1.54) is 0 Å². The summed E-state index contributed by atoms with van der Waals surface area (Å²) in [6.07, 6.45) is 1.85. The normalized spacial score (nSPS) is 23.5. The van der Waals surface area contributed by atoms with Gasteiger partial charge in [0, 0.05) is 20.2 Å². The predicted molar refractivity (Wildman–Crippen MR) is 69.7 cm³/mol. The van der Waals surface area contributed by atoms with Gasteiger partial charge in [0.15, 0.2) is 0 Å². The van der Waals surface area contributed by atoms with Gasteiger partial charge in [-0.1, -0.05) is 18.5 Å². The Hall–Kier alpha value is -1.20. The molecule has 4 nitrogen and oxygen atoms in total. The topological polar surface area (TPSA) is 42.4 Å². The second kappa shape index (κ2) is 5.84. The van der Waals surface area contributed by atoms with Gasteiger partial charge in [-0.15, -0.1) is 0 Å². The van der Waals surface area contributed by atoms with Crippen molar-refractivity contribution in [1.29, 1.82) is 0 Å². The van der Waals surface area contributed by atoms with Gasteiger partial charge in [-0.05, 0) is 18.4 Å². The summed E-state index contributed by atoms with van der Waals surface area (Å²) in [6, 6.07) is 1.12. The van der Waals surface area contributed by atoms with Crippen LogP contribution in [0.5, 0.6) is 0 Å². The molecule has 19 heavy (non-hydrogen) atoms. The van der Waals surface area contributed by atoms with E-state index in [0.29, 0.717) is 19.0 Å². The van der Waals surface area contributed by atoms with Crippen LogP contribution in [0.2, 0.25) is 5.15 Å². The first-order valence-corrected chi connectivity index (χ1v) is 6.54. The number of pyridine rings is 1. The second-order valence-electron chi connectivity index (χ2n) is 4.78. The minimum atomic E-state index is -0.568. The van der Waals surface area contributed by atoms with E-state index in [2.05, 4.69) is 11.9 Å². The van der Waals surface area contributed by atoms with Crippen LogP contribution in [0, 0.1) is 11.7 Å². The number of likely N-dealkylation sites (tertiary alicyclic amines) is 1. The van der Waals surface area contributed by atoms with Crippen molar-refractivity contribution in [3.8, 4) is 0 Å². The summed E-state index contributed by atoms with van der Waals surface area (Å²) in [5, 5.41) is 0.0268. The van der Waals surface area contributed by atoms with Gasteiger partial charge in [-0.25, -0.2) is 9.37 Å². The van der Waals surface area contributed by atoms with E-state index < -0.39 is 5.82 Å². The number of amides is 1. The molecule has 0 saturated carbocycles. The number of aromatic nitrogens is 1. The minimum Gasteiger partial charge on any atom is -0.379 e. The SMILES string of the molecule is COC1CN(C(=O)c2cc(F)cnc2Cl)CCC1C. The molecular formula is C13H16ClFN2O2. The van der Waals surface area contributed by atoms with E-state index in [0.717, 1.165) is 18.7 Å². The fraction of sp³-hybridized carbons (Fsp3) is 0.538. The first kappa shape index (κ1) is 14.2.